The van der Waals surface area contributed by atoms with Crippen LogP contribution in [-0.2, 0) is 0 Å². The van der Waals surface area contributed by atoms with E-state index in [1.807, 2.05) is 0 Å². The molecule has 0 aromatic carbocycles. The predicted molar refractivity (Wildman–Crippen MR) is 70.7 cm³/mol. The Balaban J connectivity index is 2.58. The van der Waals surface area contributed by atoms with E-state index in [9.17, 15) is 0 Å². The van der Waals surface area contributed by atoms with E-state index in [-0.39, 0.29) is 0 Å². The smallest absolute Gasteiger partial charge is 0.156 e. The summed E-state index contributed by atoms with van der Waals surface area (Å²) < 4.78 is 3.94. The molecule has 0 aliphatic carbocycles. The number of hydrogen-bond donors (Lipinski definition) is 2. The van der Waals surface area contributed by atoms with Gasteiger partial charge in [-0.15, -0.1) is 0 Å². The van der Waals surface area contributed by atoms with E-state index in [0.717, 1.165) is 17.8 Å². The first kappa shape index (κ1) is 12.7. The monoisotopic (exact) mass is 263 g/mol. The molecule has 1 heterocycles. The van der Waals surface area contributed by atoms with Crippen molar-refractivity contribution in [1.29, 1.82) is 0 Å². The summed E-state index contributed by atoms with van der Waals surface area (Å²) >= 11 is 12.4. The van der Waals surface area contributed by atoms with Crippen LogP contribution >= 0.6 is 35.4 Å². The van der Waals surface area contributed by atoms with Crippen LogP contribution in [0.2, 0.25) is 5.02 Å². The van der Waals surface area contributed by atoms with Crippen molar-refractivity contribution in [3.63, 3.8) is 0 Å². The normalized spacial score (nSPS) is 12.5. The topological polar surface area (TPSA) is 50.9 Å². The van der Waals surface area contributed by atoms with E-state index in [4.69, 9.17) is 29.6 Å². The molecule has 6 heteroatoms. The van der Waals surface area contributed by atoms with Crippen molar-refractivity contribution in [3.8, 4) is 0 Å². The quantitative estimate of drug-likeness (QED) is 0.820. The van der Waals surface area contributed by atoms with Crippen LogP contribution in [-0.4, -0.2) is 15.9 Å². The molecule has 1 rings (SSSR count). The molecule has 15 heavy (non-hydrogen) atoms. The highest BCUT2D eigenvalue weighted by molar-refractivity contribution is 7.81. The largest absolute Gasteiger partial charge is 0.382 e. The van der Waals surface area contributed by atoms with Gasteiger partial charge in [-0.05, 0) is 17.5 Å². The Labute approximate surface area is 104 Å². The number of nitrogens with zero attached hydrogens (tertiary/aromatic N) is 1. The Morgan fingerprint density at radius 2 is 2.40 bits per heavy atom. The first-order valence-corrected chi connectivity index (χ1v) is 6.31. The van der Waals surface area contributed by atoms with Crippen LogP contribution in [0, 0.1) is 5.92 Å². The van der Waals surface area contributed by atoms with Crippen LogP contribution in [0.3, 0.4) is 0 Å². The molecule has 0 unspecified atom stereocenters. The molecule has 1 aromatic rings. The second-order valence-corrected chi connectivity index (χ2v) is 4.99. The average Bonchev–Trinajstić information content (AvgIpc) is 2.56. The third kappa shape index (κ3) is 3.29. The highest BCUT2D eigenvalue weighted by Gasteiger charge is 2.13. The van der Waals surface area contributed by atoms with E-state index in [2.05, 4.69) is 23.5 Å². The van der Waals surface area contributed by atoms with Crippen LogP contribution < -0.4 is 11.1 Å². The molecule has 0 aliphatic rings. The van der Waals surface area contributed by atoms with Crippen molar-refractivity contribution in [2.24, 2.45) is 5.92 Å². The molecule has 0 radical (unpaired) electrons. The lowest BCUT2D eigenvalue weighted by Crippen LogP contribution is -2.26. The lowest BCUT2D eigenvalue weighted by atomic mass is 10.1. The van der Waals surface area contributed by atoms with Crippen molar-refractivity contribution >= 4 is 46.2 Å². The maximum absolute atomic E-state index is 5.95. The second-order valence-electron chi connectivity index (χ2n) is 3.43. The molecule has 0 saturated carbocycles. The van der Waals surface area contributed by atoms with Gasteiger partial charge in [0.15, 0.2) is 5.82 Å². The van der Waals surface area contributed by atoms with Gasteiger partial charge >= 0.3 is 0 Å². The third-order valence-corrected chi connectivity index (χ3v) is 4.02. The molecule has 3 N–H and O–H groups in total. The van der Waals surface area contributed by atoms with E-state index < -0.39 is 0 Å². The van der Waals surface area contributed by atoms with Crippen LogP contribution in [0.4, 0.5) is 5.82 Å². The number of aromatic nitrogens is 1. The van der Waals surface area contributed by atoms with Gasteiger partial charge < -0.3 is 11.1 Å². The Morgan fingerprint density at radius 3 is 2.87 bits per heavy atom. The molecule has 0 amide bonds. The average molecular weight is 264 g/mol. The Hall–Kier alpha value is -0.390. The highest BCUT2D eigenvalue weighted by Crippen LogP contribution is 2.26. The van der Waals surface area contributed by atoms with E-state index in [0.29, 0.717) is 21.7 Å². The van der Waals surface area contributed by atoms with Crippen LogP contribution in [0.15, 0.2) is 0 Å². The highest BCUT2D eigenvalue weighted by atomic mass is 35.5. The number of hydrogen-bond acceptors (Lipinski definition) is 4. The molecule has 3 nitrogen and oxygen atoms in total. The molecule has 0 fully saturated rings. The summed E-state index contributed by atoms with van der Waals surface area (Å²) in [5.74, 6) is 0.941. The summed E-state index contributed by atoms with van der Waals surface area (Å²) in [5.41, 5.74) is 5.54. The minimum atomic E-state index is 0.351. The molecule has 0 spiro atoms. The molecular formula is C9H14ClN3S2. The summed E-state index contributed by atoms with van der Waals surface area (Å²) in [6.45, 7) is 5.16. The minimum absolute atomic E-state index is 0.351. The van der Waals surface area contributed by atoms with Crippen molar-refractivity contribution in [1.82, 2.24) is 9.69 Å². The number of nitrogens with two attached hydrogens (primary N) is 1. The van der Waals surface area contributed by atoms with Gasteiger partial charge in [-0.2, -0.15) is 4.37 Å². The number of thiocarbonyl (C=S) groups is 1. The molecule has 1 atom stereocenters. The molecule has 0 bridgehead atoms. The van der Waals surface area contributed by atoms with E-state index >= 15 is 0 Å². The number of anilines is 1. The SMILES string of the molecule is CC[C@@H](C)CNC(=S)c1snc(N)c1Cl. The maximum Gasteiger partial charge on any atom is 0.156 e. The van der Waals surface area contributed by atoms with E-state index in [1.54, 1.807) is 0 Å². The van der Waals surface area contributed by atoms with Gasteiger partial charge in [0.05, 0.1) is 0 Å². The molecule has 0 saturated heterocycles. The third-order valence-electron chi connectivity index (χ3n) is 2.17. The van der Waals surface area contributed by atoms with Crippen molar-refractivity contribution < 1.29 is 0 Å². The Morgan fingerprint density at radius 1 is 1.73 bits per heavy atom. The lowest BCUT2D eigenvalue weighted by molar-refractivity contribution is 0.551. The van der Waals surface area contributed by atoms with Gasteiger partial charge in [-0.1, -0.05) is 44.1 Å². The summed E-state index contributed by atoms with van der Waals surface area (Å²) in [7, 11) is 0. The Kier molecular flexibility index (Phi) is 4.76. The standard InChI is InChI=1S/C9H14ClN3S2/c1-3-5(2)4-12-9(14)7-6(10)8(11)13-15-7/h5H,3-4H2,1-2H3,(H2,11,13)(H,12,14)/t5-/m1/s1. The molecular weight excluding hydrogens is 250 g/mol. The summed E-state index contributed by atoms with van der Waals surface area (Å²) in [6, 6.07) is 0. The molecule has 1 aromatic heterocycles. The summed E-state index contributed by atoms with van der Waals surface area (Å²) in [4.78, 5) is 1.39. The van der Waals surface area contributed by atoms with Crippen molar-refractivity contribution in [3.05, 3.63) is 9.90 Å². The number of nitrogen functional groups attached to an aromatic ring is 1. The van der Waals surface area contributed by atoms with E-state index in [1.165, 1.54) is 11.5 Å². The van der Waals surface area contributed by atoms with Crippen molar-refractivity contribution in [2.75, 3.05) is 12.3 Å². The minimum Gasteiger partial charge on any atom is -0.382 e. The van der Waals surface area contributed by atoms with Crippen LogP contribution in [0.25, 0.3) is 0 Å². The fraction of sp³-hybridized carbons (Fsp3) is 0.556. The predicted octanol–water partition coefficient (Wildman–Crippen LogP) is 2.69. The fourth-order valence-electron chi connectivity index (χ4n) is 0.924. The van der Waals surface area contributed by atoms with Gasteiger partial charge in [0.1, 0.15) is 14.9 Å². The molecule has 84 valence electrons. The Bertz CT molecular complexity index is 351. The van der Waals surface area contributed by atoms with Gasteiger partial charge in [-0.3, -0.25) is 0 Å². The van der Waals surface area contributed by atoms with Gasteiger partial charge in [0.2, 0.25) is 0 Å². The van der Waals surface area contributed by atoms with Crippen LogP contribution in [0.5, 0.6) is 0 Å². The van der Waals surface area contributed by atoms with Gasteiger partial charge in [0, 0.05) is 6.54 Å². The lowest BCUT2D eigenvalue weighted by Gasteiger charge is -2.10. The zero-order valence-electron chi connectivity index (χ0n) is 8.71. The van der Waals surface area contributed by atoms with Gasteiger partial charge in [-0.25, -0.2) is 0 Å². The first-order valence-electron chi connectivity index (χ1n) is 4.75. The number of rotatable bonds is 4. The number of halogens is 1. The number of nitrogens with one attached hydrogen (secondary N) is 1. The van der Waals surface area contributed by atoms with Crippen molar-refractivity contribution in [2.45, 2.75) is 20.3 Å². The summed E-state index contributed by atoms with van der Waals surface area (Å²) in [6.07, 6.45) is 1.12. The zero-order chi connectivity index (χ0) is 11.4. The van der Waals surface area contributed by atoms with Gasteiger partial charge in [0.25, 0.3) is 0 Å². The zero-order valence-corrected chi connectivity index (χ0v) is 11.1. The first-order chi connectivity index (χ1) is 7.06. The maximum atomic E-state index is 5.95. The van der Waals surface area contributed by atoms with Crippen LogP contribution in [0.1, 0.15) is 25.1 Å². The second kappa shape index (κ2) is 5.63. The molecule has 0 aliphatic heterocycles. The summed E-state index contributed by atoms with van der Waals surface area (Å²) in [5, 5.41) is 3.63. The fourth-order valence-corrected chi connectivity index (χ4v) is 2.19.